The van der Waals surface area contributed by atoms with Crippen molar-refractivity contribution in [2.75, 3.05) is 4.72 Å². The van der Waals surface area contributed by atoms with Gasteiger partial charge in [-0.15, -0.1) is 21.5 Å². The molecule has 3 rings (SSSR count). The number of aryl methyl sites for hydroxylation is 1. The van der Waals surface area contributed by atoms with Crippen LogP contribution < -0.4 is 10.0 Å². The minimum Gasteiger partial charge on any atom is -0.309 e. The topological polar surface area (TPSA) is 84.0 Å². The van der Waals surface area contributed by atoms with Crippen molar-refractivity contribution in [2.45, 2.75) is 43.7 Å². The molecule has 9 heteroatoms. The molecule has 2 N–H and O–H groups in total. The fourth-order valence-electron chi connectivity index (χ4n) is 1.83. The molecule has 0 bridgehead atoms. The summed E-state index contributed by atoms with van der Waals surface area (Å²) in [6, 6.07) is 2.18. The summed E-state index contributed by atoms with van der Waals surface area (Å²) in [5.41, 5.74) is 0. The Bertz CT molecular complexity index is 718. The molecule has 1 aliphatic rings. The van der Waals surface area contributed by atoms with Gasteiger partial charge in [0.25, 0.3) is 10.0 Å². The number of anilines is 1. The van der Waals surface area contributed by atoms with E-state index in [4.69, 9.17) is 0 Å². The monoisotopic (exact) mass is 344 g/mol. The lowest BCUT2D eigenvalue weighted by atomic mass is 10.4. The second-order valence-corrected chi connectivity index (χ2v) is 8.54. The molecular weight excluding hydrogens is 328 g/mol. The van der Waals surface area contributed by atoms with Crippen LogP contribution in [0.4, 0.5) is 5.13 Å². The van der Waals surface area contributed by atoms with Gasteiger partial charge in [-0.1, -0.05) is 18.3 Å². The number of hydrogen-bond donors (Lipinski definition) is 2. The Balaban J connectivity index is 1.75. The van der Waals surface area contributed by atoms with Crippen molar-refractivity contribution in [2.24, 2.45) is 0 Å². The molecule has 114 valence electrons. The fourth-order valence-corrected chi connectivity index (χ4v) is 5.13. The highest BCUT2D eigenvalue weighted by atomic mass is 32.2. The van der Waals surface area contributed by atoms with Crippen LogP contribution in [0.15, 0.2) is 16.3 Å². The van der Waals surface area contributed by atoms with Crippen LogP contribution in [0.25, 0.3) is 0 Å². The molecule has 0 unspecified atom stereocenters. The first-order valence-corrected chi connectivity index (χ1v) is 9.91. The number of sulfonamides is 1. The molecule has 0 spiro atoms. The molecule has 2 aromatic rings. The van der Waals surface area contributed by atoms with E-state index in [1.807, 2.05) is 6.92 Å². The highest BCUT2D eigenvalue weighted by Crippen LogP contribution is 2.27. The van der Waals surface area contributed by atoms with Gasteiger partial charge in [0, 0.05) is 17.5 Å². The summed E-state index contributed by atoms with van der Waals surface area (Å²) < 4.78 is 27.4. The number of nitrogens with zero attached hydrogens (tertiary/aromatic N) is 2. The van der Waals surface area contributed by atoms with Gasteiger partial charge in [0.2, 0.25) is 5.13 Å². The molecule has 0 aliphatic heterocycles. The van der Waals surface area contributed by atoms with Crippen LogP contribution in [0.5, 0.6) is 0 Å². The Morgan fingerprint density at radius 1 is 1.38 bits per heavy atom. The second-order valence-electron chi connectivity index (χ2n) is 4.82. The molecule has 2 aromatic heterocycles. The molecule has 1 saturated carbocycles. The van der Waals surface area contributed by atoms with E-state index in [9.17, 15) is 8.42 Å². The maximum atomic E-state index is 12.4. The van der Waals surface area contributed by atoms with Crippen molar-refractivity contribution in [3.63, 3.8) is 0 Å². The van der Waals surface area contributed by atoms with Gasteiger partial charge in [0.15, 0.2) is 0 Å². The average Bonchev–Trinajstić information content (AvgIpc) is 2.98. The van der Waals surface area contributed by atoms with Crippen molar-refractivity contribution >= 4 is 37.8 Å². The zero-order chi connectivity index (χ0) is 14.9. The lowest BCUT2D eigenvalue weighted by Crippen LogP contribution is -2.18. The molecule has 21 heavy (non-hydrogen) atoms. The standard InChI is InChI=1S/C12H16N4O2S3/c1-2-11-14-15-12(20-11)16-21(17,18)10-5-6-19-9(10)7-13-8-3-4-8/h5-6,8,13H,2-4,7H2,1H3,(H,15,16). The largest absolute Gasteiger partial charge is 0.309 e. The number of hydrogen-bond acceptors (Lipinski definition) is 7. The van der Waals surface area contributed by atoms with Crippen molar-refractivity contribution < 1.29 is 8.42 Å². The van der Waals surface area contributed by atoms with Crippen LogP contribution in [0.2, 0.25) is 0 Å². The van der Waals surface area contributed by atoms with E-state index in [1.54, 1.807) is 11.4 Å². The predicted octanol–water partition coefficient (Wildman–Crippen LogP) is 2.21. The normalized spacial score (nSPS) is 15.3. The van der Waals surface area contributed by atoms with E-state index in [0.717, 1.165) is 16.3 Å². The van der Waals surface area contributed by atoms with Gasteiger partial charge in [0.1, 0.15) is 9.90 Å². The smallest absolute Gasteiger partial charge is 0.264 e. The number of rotatable bonds is 7. The first kappa shape index (κ1) is 14.9. The zero-order valence-corrected chi connectivity index (χ0v) is 13.9. The van der Waals surface area contributed by atoms with E-state index in [-0.39, 0.29) is 0 Å². The molecule has 6 nitrogen and oxygen atoms in total. The molecule has 1 fully saturated rings. The summed E-state index contributed by atoms with van der Waals surface area (Å²) in [6.07, 6.45) is 3.10. The lowest BCUT2D eigenvalue weighted by Gasteiger charge is -2.06. The second kappa shape index (κ2) is 5.99. The third-order valence-electron chi connectivity index (χ3n) is 3.11. The van der Waals surface area contributed by atoms with Crippen LogP contribution in [0.1, 0.15) is 29.7 Å². The van der Waals surface area contributed by atoms with E-state index < -0.39 is 10.0 Å². The van der Waals surface area contributed by atoms with Crippen molar-refractivity contribution in [1.29, 1.82) is 0 Å². The molecule has 0 saturated heterocycles. The lowest BCUT2D eigenvalue weighted by molar-refractivity contribution is 0.598. The molecule has 2 heterocycles. The first-order valence-electron chi connectivity index (χ1n) is 6.73. The molecule has 0 aromatic carbocycles. The molecule has 0 atom stereocenters. The Morgan fingerprint density at radius 2 is 2.19 bits per heavy atom. The summed E-state index contributed by atoms with van der Waals surface area (Å²) in [6.45, 7) is 2.55. The summed E-state index contributed by atoms with van der Waals surface area (Å²) in [7, 11) is -3.59. The van der Waals surface area contributed by atoms with E-state index in [0.29, 0.717) is 22.6 Å². The van der Waals surface area contributed by atoms with Crippen molar-refractivity contribution in [3.8, 4) is 0 Å². The van der Waals surface area contributed by atoms with Gasteiger partial charge in [0.05, 0.1) is 0 Å². The third-order valence-corrected chi connectivity index (χ3v) is 6.70. The number of nitrogens with one attached hydrogen (secondary N) is 2. The summed E-state index contributed by atoms with van der Waals surface area (Å²) in [4.78, 5) is 1.16. The van der Waals surface area contributed by atoms with Gasteiger partial charge < -0.3 is 5.32 Å². The van der Waals surface area contributed by atoms with Crippen LogP contribution in [-0.4, -0.2) is 24.7 Å². The highest BCUT2D eigenvalue weighted by Gasteiger charge is 2.24. The summed E-state index contributed by atoms with van der Waals surface area (Å²) >= 11 is 2.72. The maximum absolute atomic E-state index is 12.4. The highest BCUT2D eigenvalue weighted by molar-refractivity contribution is 7.93. The quantitative estimate of drug-likeness (QED) is 0.804. The van der Waals surface area contributed by atoms with E-state index in [2.05, 4.69) is 20.2 Å². The maximum Gasteiger partial charge on any atom is 0.264 e. The van der Waals surface area contributed by atoms with Gasteiger partial charge in [-0.3, -0.25) is 4.72 Å². The van der Waals surface area contributed by atoms with Crippen LogP contribution in [0.3, 0.4) is 0 Å². The average molecular weight is 344 g/mol. The molecule has 0 radical (unpaired) electrons. The van der Waals surface area contributed by atoms with Gasteiger partial charge in [-0.2, -0.15) is 0 Å². The SMILES string of the molecule is CCc1nnc(NS(=O)(=O)c2ccsc2CNC2CC2)s1. The Hall–Kier alpha value is -1.03. The van der Waals surface area contributed by atoms with E-state index in [1.165, 1.54) is 35.5 Å². The Morgan fingerprint density at radius 3 is 2.86 bits per heavy atom. The molecule has 0 amide bonds. The first-order chi connectivity index (χ1) is 10.1. The summed E-state index contributed by atoms with van der Waals surface area (Å²) in [5, 5.41) is 14.1. The number of thiophene rings is 1. The number of aromatic nitrogens is 2. The van der Waals surface area contributed by atoms with Gasteiger partial charge in [-0.25, -0.2) is 8.42 Å². The van der Waals surface area contributed by atoms with Gasteiger partial charge >= 0.3 is 0 Å². The van der Waals surface area contributed by atoms with Gasteiger partial charge in [-0.05, 0) is 30.7 Å². The Labute approximate surface area is 131 Å². The van der Waals surface area contributed by atoms with E-state index >= 15 is 0 Å². The van der Waals surface area contributed by atoms with Crippen molar-refractivity contribution in [3.05, 3.63) is 21.3 Å². The van der Waals surface area contributed by atoms with Crippen LogP contribution in [-0.2, 0) is 23.0 Å². The van der Waals surface area contributed by atoms with Crippen molar-refractivity contribution in [1.82, 2.24) is 15.5 Å². The van der Waals surface area contributed by atoms with Crippen LogP contribution >= 0.6 is 22.7 Å². The minimum absolute atomic E-state index is 0.319. The Kier molecular flexibility index (Phi) is 4.25. The molecule has 1 aliphatic carbocycles. The predicted molar refractivity (Wildman–Crippen MR) is 84.3 cm³/mol. The minimum atomic E-state index is -3.59. The van der Waals surface area contributed by atoms with Crippen LogP contribution in [0, 0.1) is 0 Å². The zero-order valence-electron chi connectivity index (χ0n) is 11.5. The summed E-state index contributed by atoms with van der Waals surface area (Å²) in [5.74, 6) is 0. The fraction of sp³-hybridized carbons (Fsp3) is 0.500. The molecular formula is C12H16N4O2S3. The third kappa shape index (κ3) is 3.60.